The molecular weight excluding hydrogens is 533 g/mol. The zero-order valence-electron chi connectivity index (χ0n) is 18.9. The summed E-state index contributed by atoms with van der Waals surface area (Å²) in [6.45, 7) is 4.38. The number of amides is 1. The van der Waals surface area contributed by atoms with Gasteiger partial charge in [0, 0.05) is 45.7 Å². The summed E-state index contributed by atoms with van der Waals surface area (Å²) in [5.74, 6) is 0.852. The maximum atomic E-state index is 12.1. The second-order valence-corrected chi connectivity index (χ2v) is 8.63. The van der Waals surface area contributed by atoms with Crippen molar-refractivity contribution in [3.8, 4) is 0 Å². The monoisotopic (exact) mass is 565 g/mol. The number of hydrogen-bond donors (Lipinski definition) is 2. The first-order valence-corrected chi connectivity index (χ1v) is 11.6. The second-order valence-electron chi connectivity index (χ2n) is 7.52. The third-order valence-corrected chi connectivity index (χ3v) is 5.88. The highest BCUT2D eigenvalue weighted by atomic mass is 127. The van der Waals surface area contributed by atoms with Gasteiger partial charge in [-0.3, -0.25) is 9.79 Å². The van der Waals surface area contributed by atoms with Gasteiger partial charge in [-0.05, 0) is 49.6 Å². The number of guanidine groups is 1. The van der Waals surface area contributed by atoms with Crippen molar-refractivity contribution in [2.24, 2.45) is 4.99 Å². The Balaban J connectivity index is 0.00000363. The van der Waals surface area contributed by atoms with E-state index in [0.717, 1.165) is 61.5 Å². The summed E-state index contributed by atoms with van der Waals surface area (Å²) < 4.78 is 1.24. The zero-order chi connectivity index (χ0) is 22.1. The number of aryl methyl sites for hydroxylation is 1. The first-order chi connectivity index (χ1) is 15.1. The minimum atomic E-state index is 0. The molecule has 0 spiro atoms. The van der Waals surface area contributed by atoms with Crippen LogP contribution in [0.1, 0.15) is 34.3 Å². The van der Waals surface area contributed by atoms with Crippen molar-refractivity contribution in [2.75, 3.05) is 33.7 Å². The highest BCUT2D eigenvalue weighted by Gasteiger charge is 2.08. The molecule has 0 bridgehead atoms. The number of nitrogens with zero attached hydrogens (tertiary/aromatic N) is 3. The molecule has 3 rings (SSSR count). The van der Waals surface area contributed by atoms with E-state index in [2.05, 4.69) is 41.8 Å². The van der Waals surface area contributed by atoms with Gasteiger partial charge >= 0.3 is 0 Å². The van der Waals surface area contributed by atoms with Crippen LogP contribution in [0.3, 0.4) is 0 Å². The van der Waals surface area contributed by atoms with Crippen LogP contribution in [-0.2, 0) is 12.8 Å². The molecule has 0 radical (unpaired) electrons. The van der Waals surface area contributed by atoms with Crippen molar-refractivity contribution in [3.63, 3.8) is 0 Å². The number of aromatic nitrogens is 1. The number of thiazole rings is 1. The fraction of sp³-hybridized carbons (Fsp3) is 0.375. The average molecular weight is 566 g/mol. The number of para-hydroxylation sites is 1. The minimum Gasteiger partial charge on any atom is -0.357 e. The molecule has 6 nitrogen and oxygen atoms in total. The Kier molecular flexibility index (Phi) is 10.9. The predicted octanol–water partition coefficient (Wildman–Crippen LogP) is 4.35. The summed E-state index contributed by atoms with van der Waals surface area (Å²) in [5, 5.41) is 7.86. The predicted molar refractivity (Wildman–Crippen MR) is 146 cm³/mol. The maximum absolute atomic E-state index is 12.1. The summed E-state index contributed by atoms with van der Waals surface area (Å²) in [5.41, 5.74) is 2.93. The van der Waals surface area contributed by atoms with Crippen molar-refractivity contribution in [1.82, 2.24) is 20.5 Å². The first-order valence-electron chi connectivity index (χ1n) is 10.7. The van der Waals surface area contributed by atoms with Gasteiger partial charge in [-0.2, -0.15) is 0 Å². The van der Waals surface area contributed by atoms with Crippen molar-refractivity contribution in [3.05, 3.63) is 64.7 Å². The number of hydrogen-bond acceptors (Lipinski definition) is 4. The minimum absolute atomic E-state index is 0. The third kappa shape index (κ3) is 7.74. The third-order valence-electron chi connectivity index (χ3n) is 4.79. The van der Waals surface area contributed by atoms with Crippen LogP contribution >= 0.6 is 35.3 Å². The van der Waals surface area contributed by atoms with Crippen LogP contribution in [0, 0.1) is 0 Å². The molecule has 0 aliphatic carbocycles. The summed E-state index contributed by atoms with van der Waals surface area (Å²) in [7, 11) is 3.54. The number of nitrogens with one attached hydrogen (secondary N) is 2. The van der Waals surface area contributed by atoms with Gasteiger partial charge in [0.1, 0.15) is 0 Å². The van der Waals surface area contributed by atoms with E-state index in [1.54, 1.807) is 30.3 Å². The van der Waals surface area contributed by atoms with Crippen LogP contribution < -0.4 is 10.6 Å². The summed E-state index contributed by atoms with van der Waals surface area (Å²) in [4.78, 5) is 23.1. The standard InChI is InChI=1S/C24H31N5OS.HI/c1-4-25-24(26-15-8-13-22-28-20-11-5-6-12-21(20)31-22)27-16-14-18-9-7-10-19(17-18)23(30)29(2)3;/h5-7,9-12,17H,4,8,13-16H2,1-3H3,(H2,25,26,27);1H. The molecule has 0 saturated carbocycles. The lowest BCUT2D eigenvalue weighted by Gasteiger charge is -2.13. The topological polar surface area (TPSA) is 69.6 Å². The normalized spacial score (nSPS) is 11.2. The summed E-state index contributed by atoms with van der Waals surface area (Å²) >= 11 is 1.76. The Labute approximate surface area is 211 Å². The maximum Gasteiger partial charge on any atom is 0.253 e. The molecule has 0 saturated heterocycles. The Morgan fingerprint density at radius 3 is 2.66 bits per heavy atom. The van der Waals surface area contributed by atoms with E-state index >= 15 is 0 Å². The molecule has 32 heavy (non-hydrogen) atoms. The van der Waals surface area contributed by atoms with E-state index in [1.165, 1.54) is 9.71 Å². The van der Waals surface area contributed by atoms with Gasteiger partial charge < -0.3 is 15.5 Å². The highest BCUT2D eigenvalue weighted by Crippen LogP contribution is 2.22. The number of aliphatic imine (C=N–C) groups is 1. The number of halogens is 1. The van der Waals surface area contributed by atoms with Gasteiger partial charge in [0.05, 0.1) is 15.2 Å². The number of carbonyl (C=O) groups excluding carboxylic acids is 1. The Hall–Kier alpha value is -2.20. The van der Waals surface area contributed by atoms with E-state index in [0.29, 0.717) is 0 Å². The van der Waals surface area contributed by atoms with E-state index in [-0.39, 0.29) is 29.9 Å². The van der Waals surface area contributed by atoms with Gasteiger partial charge in [0.2, 0.25) is 0 Å². The molecule has 2 aromatic carbocycles. The molecule has 0 fully saturated rings. The van der Waals surface area contributed by atoms with Crippen LogP contribution in [0.25, 0.3) is 10.2 Å². The summed E-state index contributed by atoms with van der Waals surface area (Å²) in [6, 6.07) is 16.1. The van der Waals surface area contributed by atoms with Gasteiger partial charge in [-0.25, -0.2) is 4.98 Å². The number of rotatable bonds is 9. The molecule has 0 atom stereocenters. The Bertz CT molecular complexity index is 1000. The van der Waals surface area contributed by atoms with Crippen molar-refractivity contribution in [2.45, 2.75) is 26.2 Å². The van der Waals surface area contributed by atoms with E-state index < -0.39 is 0 Å². The van der Waals surface area contributed by atoms with E-state index in [9.17, 15) is 4.79 Å². The molecule has 1 aromatic heterocycles. The number of fused-ring (bicyclic) bond motifs is 1. The van der Waals surface area contributed by atoms with Crippen LogP contribution in [-0.4, -0.2) is 55.5 Å². The highest BCUT2D eigenvalue weighted by molar-refractivity contribution is 14.0. The Morgan fingerprint density at radius 2 is 1.91 bits per heavy atom. The van der Waals surface area contributed by atoms with E-state index in [4.69, 9.17) is 9.98 Å². The largest absolute Gasteiger partial charge is 0.357 e. The molecule has 3 aromatic rings. The van der Waals surface area contributed by atoms with Crippen LogP contribution in [0.4, 0.5) is 0 Å². The fourth-order valence-electron chi connectivity index (χ4n) is 3.23. The van der Waals surface area contributed by atoms with Gasteiger partial charge in [0.25, 0.3) is 5.91 Å². The molecule has 0 aliphatic rings. The lowest BCUT2D eigenvalue weighted by molar-refractivity contribution is 0.0827. The first kappa shape index (κ1) is 26.1. The zero-order valence-corrected chi connectivity index (χ0v) is 22.1. The lowest BCUT2D eigenvalue weighted by atomic mass is 10.1. The second kappa shape index (κ2) is 13.4. The van der Waals surface area contributed by atoms with Crippen LogP contribution in [0.5, 0.6) is 0 Å². The SMILES string of the molecule is CCNC(=NCCCc1nc2ccccc2s1)NCCc1cccc(C(=O)N(C)C)c1.I. The number of benzene rings is 2. The lowest BCUT2D eigenvalue weighted by Crippen LogP contribution is -2.38. The fourth-order valence-corrected chi connectivity index (χ4v) is 4.24. The quantitative estimate of drug-likeness (QED) is 0.175. The molecule has 2 N–H and O–H groups in total. The molecule has 0 aliphatic heterocycles. The van der Waals surface area contributed by atoms with Crippen molar-refractivity contribution < 1.29 is 4.79 Å². The molecule has 172 valence electrons. The Morgan fingerprint density at radius 1 is 1.09 bits per heavy atom. The van der Waals surface area contributed by atoms with Crippen LogP contribution in [0.15, 0.2) is 53.5 Å². The summed E-state index contributed by atoms with van der Waals surface area (Å²) in [6.07, 6.45) is 2.73. The molecule has 8 heteroatoms. The molecule has 1 heterocycles. The van der Waals surface area contributed by atoms with Gasteiger partial charge in [-0.1, -0.05) is 24.3 Å². The van der Waals surface area contributed by atoms with Crippen LogP contribution in [0.2, 0.25) is 0 Å². The van der Waals surface area contributed by atoms with Gasteiger partial charge in [0.15, 0.2) is 5.96 Å². The molecular formula is C24H32IN5OS. The van der Waals surface area contributed by atoms with Crippen molar-refractivity contribution >= 4 is 57.4 Å². The van der Waals surface area contributed by atoms with E-state index in [1.807, 2.05) is 24.3 Å². The molecule has 1 amide bonds. The smallest absolute Gasteiger partial charge is 0.253 e. The number of carbonyl (C=O) groups is 1. The van der Waals surface area contributed by atoms with Crippen molar-refractivity contribution in [1.29, 1.82) is 0 Å². The average Bonchev–Trinajstić information content (AvgIpc) is 3.19. The van der Waals surface area contributed by atoms with Gasteiger partial charge in [-0.15, -0.1) is 35.3 Å². The molecule has 0 unspecified atom stereocenters.